The highest BCUT2D eigenvalue weighted by Crippen LogP contribution is 2.29. The molecular formula is C21H19N5OS. The molecule has 0 spiro atoms. The average Bonchev–Trinajstić information content (AvgIpc) is 3.43. The van der Waals surface area contributed by atoms with Crippen LogP contribution in [0.25, 0.3) is 22.3 Å². The lowest BCUT2D eigenvalue weighted by molar-refractivity contribution is 0.483. The molecule has 3 N–H and O–H groups in total. The van der Waals surface area contributed by atoms with Crippen molar-refractivity contribution in [2.24, 2.45) is 0 Å². The van der Waals surface area contributed by atoms with E-state index >= 15 is 0 Å². The third-order valence-corrected chi connectivity index (χ3v) is 5.64. The predicted octanol–water partition coefficient (Wildman–Crippen LogP) is 4.81. The van der Waals surface area contributed by atoms with Crippen molar-refractivity contribution in [3.63, 3.8) is 0 Å². The van der Waals surface area contributed by atoms with Crippen molar-refractivity contribution in [3.05, 3.63) is 71.7 Å². The van der Waals surface area contributed by atoms with E-state index in [-0.39, 0.29) is 0 Å². The second-order valence-electron chi connectivity index (χ2n) is 6.69. The first-order valence-electron chi connectivity index (χ1n) is 9.09. The monoisotopic (exact) mass is 389 g/mol. The van der Waals surface area contributed by atoms with Crippen LogP contribution in [0.5, 0.6) is 11.5 Å². The molecule has 0 amide bonds. The molecule has 0 radical (unpaired) electrons. The highest BCUT2D eigenvalue weighted by atomic mass is 32.2. The number of ether oxygens (including phenoxy) is 1. The fraction of sp³-hybridized carbons (Fsp3) is 0.143. The third-order valence-electron chi connectivity index (χ3n) is 4.56. The van der Waals surface area contributed by atoms with Crippen LogP contribution in [0.15, 0.2) is 65.8 Å². The van der Waals surface area contributed by atoms with Gasteiger partial charge in [0.05, 0.1) is 5.37 Å². The van der Waals surface area contributed by atoms with Crippen LogP contribution in [0.3, 0.4) is 0 Å². The maximum atomic E-state index is 6.04. The Morgan fingerprint density at radius 1 is 1.11 bits per heavy atom. The molecule has 3 heterocycles. The van der Waals surface area contributed by atoms with E-state index in [0.29, 0.717) is 11.2 Å². The number of hydrogen-bond acceptors (Lipinski definition) is 5. The molecule has 1 unspecified atom stereocenters. The van der Waals surface area contributed by atoms with E-state index in [1.807, 2.05) is 72.7 Å². The second kappa shape index (κ2) is 7.09. The molecule has 4 aromatic rings. The molecule has 0 fully saturated rings. The lowest BCUT2D eigenvalue weighted by Gasteiger charge is -2.07. The summed E-state index contributed by atoms with van der Waals surface area (Å²) in [6.07, 6.45) is 4.75. The van der Waals surface area contributed by atoms with Gasteiger partial charge < -0.3 is 15.0 Å². The molecule has 0 saturated heterocycles. The zero-order valence-corrected chi connectivity index (χ0v) is 16.1. The first-order chi connectivity index (χ1) is 13.7. The Bertz CT molecular complexity index is 1160. The van der Waals surface area contributed by atoms with Crippen molar-refractivity contribution < 1.29 is 4.74 Å². The number of thioether (sulfide) groups is 1. The van der Waals surface area contributed by atoms with E-state index in [2.05, 4.69) is 32.4 Å². The maximum absolute atomic E-state index is 6.04. The first kappa shape index (κ1) is 16.9. The summed E-state index contributed by atoms with van der Waals surface area (Å²) in [6, 6.07) is 15.9. The Kier molecular flexibility index (Phi) is 4.29. The molecule has 0 saturated carbocycles. The number of allylic oxidation sites excluding steroid dienone is 1. The van der Waals surface area contributed by atoms with Gasteiger partial charge in [0.15, 0.2) is 5.82 Å². The number of aromatic amines is 2. The molecule has 1 atom stereocenters. The van der Waals surface area contributed by atoms with E-state index in [1.54, 1.807) is 0 Å². The largest absolute Gasteiger partial charge is 0.457 e. The molecule has 0 bridgehead atoms. The summed E-state index contributed by atoms with van der Waals surface area (Å²) in [4.78, 5) is 9.12. The van der Waals surface area contributed by atoms with Crippen LogP contribution in [0.1, 0.15) is 12.7 Å². The number of fused-ring (bicyclic) bond motifs is 1. The summed E-state index contributed by atoms with van der Waals surface area (Å²) in [5.41, 5.74) is 2.01. The number of aromatic nitrogens is 4. The molecule has 28 heavy (non-hydrogen) atoms. The second-order valence-corrected chi connectivity index (χ2v) is 8.14. The lowest BCUT2D eigenvalue weighted by atomic mass is 10.2. The average molecular weight is 389 g/mol. The van der Waals surface area contributed by atoms with Gasteiger partial charge in [0.1, 0.15) is 17.3 Å². The van der Waals surface area contributed by atoms with Gasteiger partial charge in [-0.25, -0.2) is 4.98 Å². The van der Waals surface area contributed by atoms with E-state index < -0.39 is 0 Å². The van der Waals surface area contributed by atoms with Gasteiger partial charge >= 0.3 is 0 Å². The van der Waals surface area contributed by atoms with Crippen LogP contribution in [-0.4, -0.2) is 25.5 Å². The molecule has 7 heteroatoms. The molecule has 1 aliphatic rings. The number of rotatable bonds is 5. The first-order valence-corrected chi connectivity index (χ1v) is 9.97. The van der Waals surface area contributed by atoms with Gasteiger partial charge in [-0.2, -0.15) is 5.10 Å². The maximum Gasteiger partial charge on any atom is 0.181 e. The van der Waals surface area contributed by atoms with Gasteiger partial charge in [-0.15, -0.1) is 11.8 Å². The highest BCUT2D eigenvalue weighted by molar-refractivity contribution is 8.03. The fourth-order valence-corrected chi connectivity index (χ4v) is 4.19. The van der Waals surface area contributed by atoms with Gasteiger partial charge in [0.2, 0.25) is 0 Å². The smallest absolute Gasteiger partial charge is 0.181 e. The van der Waals surface area contributed by atoms with E-state index in [1.165, 1.54) is 4.91 Å². The van der Waals surface area contributed by atoms with Crippen LogP contribution in [-0.2, 0) is 6.42 Å². The quantitative estimate of drug-likeness (QED) is 0.456. The molecule has 2 aromatic heterocycles. The summed E-state index contributed by atoms with van der Waals surface area (Å²) in [6.45, 7) is 2.10. The summed E-state index contributed by atoms with van der Waals surface area (Å²) in [5, 5.41) is 12.2. The Morgan fingerprint density at radius 2 is 2.04 bits per heavy atom. The summed E-state index contributed by atoms with van der Waals surface area (Å²) in [5.74, 6) is 3.10. The fourth-order valence-electron chi connectivity index (χ4n) is 3.22. The van der Waals surface area contributed by atoms with Crippen molar-refractivity contribution in [1.82, 2.24) is 25.5 Å². The molecular weight excluding hydrogens is 370 g/mol. The topological polar surface area (TPSA) is 78.6 Å². The van der Waals surface area contributed by atoms with E-state index in [0.717, 1.165) is 40.2 Å². The molecule has 0 aliphatic carbocycles. The van der Waals surface area contributed by atoms with Crippen LogP contribution in [0, 0.1) is 0 Å². The number of nitrogens with zero attached hydrogens (tertiary/aromatic N) is 2. The van der Waals surface area contributed by atoms with Crippen LogP contribution >= 0.6 is 11.8 Å². The van der Waals surface area contributed by atoms with Crippen LogP contribution in [0.2, 0.25) is 0 Å². The Balaban J connectivity index is 1.32. The number of hydrogen-bond donors (Lipinski definition) is 3. The van der Waals surface area contributed by atoms with Crippen molar-refractivity contribution in [3.8, 4) is 22.9 Å². The Labute approximate surface area is 166 Å². The van der Waals surface area contributed by atoms with Gasteiger partial charge in [-0.1, -0.05) is 12.1 Å². The van der Waals surface area contributed by atoms with Crippen LogP contribution < -0.4 is 10.1 Å². The van der Waals surface area contributed by atoms with Crippen molar-refractivity contribution in [2.75, 3.05) is 0 Å². The number of nitrogens with one attached hydrogen (secondary N) is 3. The van der Waals surface area contributed by atoms with Gasteiger partial charge in [0.25, 0.3) is 0 Å². The van der Waals surface area contributed by atoms with Gasteiger partial charge in [-0.3, -0.25) is 5.10 Å². The third kappa shape index (κ3) is 3.48. The number of H-pyrrole nitrogens is 2. The van der Waals surface area contributed by atoms with E-state index in [4.69, 9.17) is 4.74 Å². The minimum atomic E-state index is 0.304. The lowest BCUT2D eigenvalue weighted by Crippen LogP contribution is -2.19. The van der Waals surface area contributed by atoms with Crippen molar-refractivity contribution >= 4 is 22.7 Å². The SMILES string of the molecule is CC1=CNC(Cc2nc(-c3cccc(Oc4ccc5[nH]ccc5c4)c3)n[nH]2)S1. The minimum Gasteiger partial charge on any atom is -0.457 e. The molecule has 2 aromatic carbocycles. The zero-order chi connectivity index (χ0) is 18.9. The summed E-state index contributed by atoms with van der Waals surface area (Å²) in [7, 11) is 0. The Hall–Kier alpha value is -3.19. The van der Waals surface area contributed by atoms with Crippen LogP contribution in [0.4, 0.5) is 0 Å². The summed E-state index contributed by atoms with van der Waals surface area (Å²) < 4.78 is 6.04. The number of benzene rings is 2. The van der Waals surface area contributed by atoms with Crippen molar-refractivity contribution in [1.29, 1.82) is 0 Å². The normalized spacial score (nSPS) is 16.2. The van der Waals surface area contributed by atoms with Gasteiger partial charge in [0, 0.05) is 35.3 Å². The Morgan fingerprint density at radius 3 is 2.93 bits per heavy atom. The molecule has 140 valence electrons. The zero-order valence-electron chi connectivity index (χ0n) is 15.3. The van der Waals surface area contributed by atoms with E-state index in [9.17, 15) is 0 Å². The van der Waals surface area contributed by atoms with Gasteiger partial charge in [-0.05, 0) is 48.2 Å². The standard InChI is InChI=1S/C21H19N5OS/c1-13-12-23-20(28-13)11-19-24-21(26-25-19)15-3-2-4-16(10-15)27-17-5-6-18-14(9-17)7-8-22-18/h2-10,12,20,22-23H,11H2,1H3,(H,24,25,26). The molecule has 5 rings (SSSR count). The van der Waals surface area contributed by atoms with Crippen molar-refractivity contribution in [2.45, 2.75) is 18.7 Å². The predicted molar refractivity (Wildman–Crippen MR) is 112 cm³/mol. The molecule has 1 aliphatic heterocycles. The molecule has 6 nitrogen and oxygen atoms in total. The highest BCUT2D eigenvalue weighted by Gasteiger charge is 2.17. The minimum absolute atomic E-state index is 0.304. The summed E-state index contributed by atoms with van der Waals surface area (Å²) >= 11 is 1.81.